The molecule has 1 aliphatic heterocycles. The first-order valence-electron chi connectivity index (χ1n) is 5.43. The highest BCUT2D eigenvalue weighted by molar-refractivity contribution is 5.30. The minimum absolute atomic E-state index is 0.305. The Labute approximate surface area is 85.3 Å². The molecule has 0 radical (unpaired) electrons. The average Bonchev–Trinajstić information content (AvgIpc) is 2.26. The maximum atomic E-state index is 5.78. The monoisotopic (exact) mass is 192 g/mol. The first kappa shape index (κ1) is 9.69. The van der Waals surface area contributed by atoms with E-state index in [-0.39, 0.29) is 0 Å². The predicted octanol–water partition coefficient (Wildman–Crippen LogP) is 0.884. The fourth-order valence-electron chi connectivity index (χ4n) is 1.99. The van der Waals surface area contributed by atoms with Gasteiger partial charge < -0.3 is 10.1 Å². The van der Waals surface area contributed by atoms with Crippen molar-refractivity contribution >= 4 is 0 Å². The quantitative estimate of drug-likeness (QED) is 0.756. The van der Waals surface area contributed by atoms with Gasteiger partial charge >= 0.3 is 0 Å². The van der Waals surface area contributed by atoms with Crippen LogP contribution in [-0.2, 0) is 11.2 Å². The number of quaternary nitrogens is 1. The smallest absolute Gasteiger partial charge is 0.131 e. The molecule has 0 spiro atoms. The maximum Gasteiger partial charge on any atom is 0.131 e. The molecule has 0 bridgehead atoms. The Morgan fingerprint density at radius 1 is 1.43 bits per heavy atom. The molecule has 1 heterocycles. The Balaban J connectivity index is 2.14. The number of hydrogen-bond donors (Lipinski definition) is 1. The van der Waals surface area contributed by atoms with E-state index in [1.807, 2.05) is 0 Å². The molecular weight excluding hydrogens is 174 g/mol. The molecule has 0 aromatic heterocycles. The SMILES string of the molecule is CC[NH2+]C[C@H]1OCCc2ccccc21. The van der Waals surface area contributed by atoms with E-state index >= 15 is 0 Å². The number of hydrogen-bond acceptors (Lipinski definition) is 1. The van der Waals surface area contributed by atoms with Gasteiger partial charge in [0.2, 0.25) is 0 Å². The van der Waals surface area contributed by atoms with Crippen LogP contribution in [0, 0.1) is 0 Å². The van der Waals surface area contributed by atoms with E-state index in [0.29, 0.717) is 6.10 Å². The van der Waals surface area contributed by atoms with E-state index in [1.165, 1.54) is 11.1 Å². The predicted molar refractivity (Wildman–Crippen MR) is 56.2 cm³/mol. The first-order chi connectivity index (χ1) is 6.92. The molecule has 1 atom stereocenters. The number of benzene rings is 1. The standard InChI is InChI=1S/C12H17NO/c1-2-13-9-12-11-6-4-3-5-10(11)7-8-14-12/h3-6,12-13H,2,7-9H2,1H3/p+1/t12-/m1/s1. The number of rotatable bonds is 3. The van der Waals surface area contributed by atoms with Crippen LogP contribution in [-0.4, -0.2) is 19.7 Å². The highest BCUT2D eigenvalue weighted by Gasteiger charge is 2.20. The van der Waals surface area contributed by atoms with Crippen LogP contribution in [0.25, 0.3) is 0 Å². The van der Waals surface area contributed by atoms with Crippen LogP contribution in [0.4, 0.5) is 0 Å². The number of fused-ring (bicyclic) bond motifs is 1. The molecule has 14 heavy (non-hydrogen) atoms. The minimum atomic E-state index is 0.305. The van der Waals surface area contributed by atoms with Gasteiger partial charge in [0.25, 0.3) is 0 Å². The van der Waals surface area contributed by atoms with Crippen LogP contribution in [0.1, 0.15) is 24.2 Å². The zero-order chi connectivity index (χ0) is 9.80. The van der Waals surface area contributed by atoms with Crippen molar-refractivity contribution in [2.75, 3.05) is 19.7 Å². The summed E-state index contributed by atoms with van der Waals surface area (Å²) in [6.45, 7) is 5.23. The van der Waals surface area contributed by atoms with Gasteiger partial charge in [-0.15, -0.1) is 0 Å². The molecule has 0 saturated carbocycles. The highest BCUT2D eigenvalue weighted by atomic mass is 16.5. The van der Waals surface area contributed by atoms with Gasteiger partial charge in [-0.3, -0.25) is 0 Å². The Morgan fingerprint density at radius 2 is 2.29 bits per heavy atom. The van der Waals surface area contributed by atoms with Crippen LogP contribution in [0.2, 0.25) is 0 Å². The Kier molecular flexibility index (Phi) is 3.17. The molecule has 1 aromatic rings. The molecule has 2 N–H and O–H groups in total. The van der Waals surface area contributed by atoms with Crippen LogP contribution in [0.5, 0.6) is 0 Å². The van der Waals surface area contributed by atoms with Crippen molar-refractivity contribution in [3.63, 3.8) is 0 Å². The molecular formula is C12H18NO+. The zero-order valence-corrected chi connectivity index (χ0v) is 8.70. The molecule has 0 aliphatic carbocycles. The van der Waals surface area contributed by atoms with E-state index in [4.69, 9.17) is 4.74 Å². The second kappa shape index (κ2) is 4.58. The lowest BCUT2D eigenvalue weighted by atomic mass is 9.98. The van der Waals surface area contributed by atoms with E-state index in [2.05, 4.69) is 36.5 Å². The van der Waals surface area contributed by atoms with E-state index in [1.54, 1.807) is 0 Å². The van der Waals surface area contributed by atoms with Gasteiger partial charge in [0.15, 0.2) is 0 Å². The fraction of sp³-hybridized carbons (Fsp3) is 0.500. The summed E-state index contributed by atoms with van der Waals surface area (Å²) in [4.78, 5) is 0. The lowest BCUT2D eigenvalue weighted by Crippen LogP contribution is -2.84. The Morgan fingerprint density at radius 3 is 3.14 bits per heavy atom. The van der Waals surface area contributed by atoms with Crippen molar-refractivity contribution in [3.8, 4) is 0 Å². The lowest BCUT2D eigenvalue weighted by molar-refractivity contribution is -0.659. The van der Waals surface area contributed by atoms with Gasteiger partial charge in [-0.1, -0.05) is 24.3 Å². The van der Waals surface area contributed by atoms with E-state index in [9.17, 15) is 0 Å². The number of likely N-dealkylation sites (N-methyl/N-ethyl adjacent to an activating group) is 1. The topological polar surface area (TPSA) is 25.8 Å². The highest BCUT2D eigenvalue weighted by Crippen LogP contribution is 2.25. The van der Waals surface area contributed by atoms with Crippen molar-refractivity contribution in [2.45, 2.75) is 19.4 Å². The molecule has 0 saturated heterocycles. The summed E-state index contributed by atoms with van der Waals surface area (Å²) >= 11 is 0. The van der Waals surface area contributed by atoms with Crippen LogP contribution >= 0.6 is 0 Å². The molecule has 76 valence electrons. The summed E-state index contributed by atoms with van der Waals surface area (Å²) in [5.41, 5.74) is 2.86. The summed E-state index contributed by atoms with van der Waals surface area (Å²) in [5.74, 6) is 0. The van der Waals surface area contributed by atoms with Gasteiger partial charge in [0.1, 0.15) is 12.6 Å². The van der Waals surface area contributed by atoms with Gasteiger partial charge in [-0.25, -0.2) is 0 Å². The normalized spacial score (nSPS) is 20.5. The van der Waals surface area contributed by atoms with Crippen molar-refractivity contribution in [1.82, 2.24) is 0 Å². The van der Waals surface area contributed by atoms with Crippen molar-refractivity contribution in [3.05, 3.63) is 35.4 Å². The third-order valence-corrected chi connectivity index (χ3v) is 2.76. The molecule has 1 aromatic carbocycles. The molecule has 2 heteroatoms. The molecule has 0 fully saturated rings. The summed E-state index contributed by atoms with van der Waals surface area (Å²) in [6, 6.07) is 8.64. The van der Waals surface area contributed by atoms with Crippen molar-refractivity contribution in [1.29, 1.82) is 0 Å². The summed E-state index contributed by atoms with van der Waals surface area (Å²) in [6.07, 6.45) is 1.37. The molecule has 2 nitrogen and oxygen atoms in total. The van der Waals surface area contributed by atoms with Gasteiger partial charge in [-0.2, -0.15) is 0 Å². The summed E-state index contributed by atoms with van der Waals surface area (Å²) in [5, 5.41) is 2.30. The lowest BCUT2D eigenvalue weighted by Gasteiger charge is -2.24. The van der Waals surface area contributed by atoms with Crippen LogP contribution in [0.3, 0.4) is 0 Å². The molecule has 1 aliphatic rings. The molecule has 0 unspecified atom stereocenters. The van der Waals surface area contributed by atoms with E-state index < -0.39 is 0 Å². The van der Waals surface area contributed by atoms with Crippen molar-refractivity contribution < 1.29 is 10.1 Å². The summed E-state index contributed by atoms with van der Waals surface area (Å²) in [7, 11) is 0. The molecule has 2 rings (SSSR count). The number of nitrogens with two attached hydrogens (primary N) is 1. The second-order valence-electron chi connectivity index (χ2n) is 3.74. The van der Waals surface area contributed by atoms with Gasteiger partial charge in [0.05, 0.1) is 13.2 Å². The summed E-state index contributed by atoms with van der Waals surface area (Å²) < 4.78 is 5.78. The Hall–Kier alpha value is -0.860. The first-order valence-corrected chi connectivity index (χ1v) is 5.43. The van der Waals surface area contributed by atoms with Crippen LogP contribution < -0.4 is 5.32 Å². The minimum Gasteiger partial charge on any atom is -0.367 e. The maximum absolute atomic E-state index is 5.78. The molecule has 0 amide bonds. The van der Waals surface area contributed by atoms with Gasteiger partial charge in [-0.05, 0) is 24.5 Å². The zero-order valence-electron chi connectivity index (χ0n) is 8.70. The number of ether oxygens (including phenoxy) is 1. The van der Waals surface area contributed by atoms with Crippen molar-refractivity contribution in [2.24, 2.45) is 0 Å². The Bertz CT molecular complexity index is 298. The average molecular weight is 192 g/mol. The van der Waals surface area contributed by atoms with Crippen LogP contribution in [0.15, 0.2) is 24.3 Å². The second-order valence-corrected chi connectivity index (χ2v) is 3.74. The largest absolute Gasteiger partial charge is 0.367 e. The fourth-order valence-corrected chi connectivity index (χ4v) is 1.99. The third kappa shape index (κ3) is 1.97. The third-order valence-electron chi connectivity index (χ3n) is 2.76. The van der Waals surface area contributed by atoms with E-state index in [0.717, 1.165) is 26.1 Å². The van der Waals surface area contributed by atoms with Gasteiger partial charge in [0, 0.05) is 0 Å².